The summed E-state index contributed by atoms with van der Waals surface area (Å²) in [5.74, 6) is 0. The Bertz CT molecular complexity index is 107. The Labute approximate surface area is 75.1 Å². The molecular weight excluding hydrogens is 153 g/mol. The summed E-state index contributed by atoms with van der Waals surface area (Å²) >= 11 is 0. The van der Waals surface area contributed by atoms with Crippen molar-refractivity contribution in [3.8, 4) is 0 Å². The van der Waals surface area contributed by atoms with Crippen LogP contribution < -0.4 is 5.32 Å². The van der Waals surface area contributed by atoms with Crippen LogP contribution in [0.2, 0.25) is 0 Å². The zero-order valence-corrected chi connectivity index (χ0v) is 7.71. The Balaban J connectivity index is 1.91. The third kappa shape index (κ3) is 4.09. The van der Waals surface area contributed by atoms with Gasteiger partial charge in [0.2, 0.25) is 0 Å². The van der Waals surface area contributed by atoms with Gasteiger partial charge in [0.05, 0.1) is 6.10 Å². The van der Waals surface area contributed by atoms with Gasteiger partial charge in [0.15, 0.2) is 0 Å². The molecule has 1 N–H and O–H groups in total. The maximum Gasteiger partial charge on any atom is 0.488 e. The van der Waals surface area contributed by atoms with E-state index < -0.39 is 0 Å². The van der Waals surface area contributed by atoms with Gasteiger partial charge in [-0.05, 0) is 25.8 Å². The van der Waals surface area contributed by atoms with Crippen LogP contribution in [0, 0.1) is 0 Å². The fraction of sp³-hybridized carbons (Fsp3) is 1.00. The molecule has 1 radical (unpaired) electrons. The minimum Gasteiger partial charge on any atom is -0.413 e. The molecule has 4 heteroatoms. The lowest BCUT2D eigenvalue weighted by atomic mass is 10.1. The van der Waals surface area contributed by atoms with Crippen molar-refractivity contribution in [2.75, 3.05) is 19.7 Å². The standard InChI is InChI=1S/C8H17BNO2/c1-2-6-11-9-12-8-4-3-5-10-7-8/h8,10H,2-7H2,1H3. The lowest BCUT2D eigenvalue weighted by molar-refractivity contribution is 0.132. The summed E-state index contributed by atoms with van der Waals surface area (Å²) in [5.41, 5.74) is 0. The van der Waals surface area contributed by atoms with E-state index in [1.807, 2.05) is 0 Å². The first-order valence-electron chi connectivity index (χ1n) is 4.73. The second-order valence-corrected chi connectivity index (χ2v) is 3.07. The van der Waals surface area contributed by atoms with Gasteiger partial charge in [-0.15, -0.1) is 0 Å². The van der Waals surface area contributed by atoms with Gasteiger partial charge in [0, 0.05) is 13.2 Å². The van der Waals surface area contributed by atoms with Gasteiger partial charge in [-0.2, -0.15) is 0 Å². The van der Waals surface area contributed by atoms with Crippen LogP contribution in [0.1, 0.15) is 26.2 Å². The van der Waals surface area contributed by atoms with Crippen molar-refractivity contribution in [2.24, 2.45) is 0 Å². The molecular formula is C8H17BNO2. The van der Waals surface area contributed by atoms with Crippen molar-refractivity contribution in [3.63, 3.8) is 0 Å². The second kappa shape index (κ2) is 6.46. The fourth-order valence-electron chi connectivity index (χ4n) is 1.22. The first-order chi connectivity index (χ1) is 5.93. The normalized spacial score (nSPS) is 23.9. The van der Waals surface area contributed by atoms with E-state index in [-0.39, 0.29) is 0 Å². The van der Waals surface area contributed by atoms with Crippen LogP contribution in [0.15, 0.2) is 0 Å². The summed E-state index contributed by atoms with van der Waals surface area (Å²) < 4.78 is 10.5. The first-order valence-corrected chi connectivity index (χ1v) is 4.73. The summed E-state index contributed by atoms with van der Waals surface area (Å²) in [4.78, 5) is 0. The molecule has 0 amide bonds. The average molecular weight is 170 g/mol. The lowest BCUT2D eigenvalue weighted by Gasteiger charge is -2.22. The van der Waals surface area contributed by atoms with E-state index >= 15 is 0 Å². The molecule has 1 fully saturated rings. The zero-order valence-electron chi connectivity index (χ0n) is 7.71. The Hall–Kier alpha value is -0.0551. The number of rotatable bonds is 5. The lowest BCUT2D eigenvalue weighted by Crippen LogP contribution is -2.36. The number of hydrogen-bond donors (Lipinski definition) is 1. The Morgan fingerprint density at radius 1 is 1.58 bits per heavy atom. The second-order valence-electron chi connectivity index (χ2n) is 3.07. The largest absolute Gasteiger partial charge is 0.488 e. The van der Waals surface area contributed by atoms with Gasteiger partial charge in [-0.1, -0.05) is 6.92 Å². The summed E-state index contributed by atoms with van der Waals surface area (Å²) in [6.07, 6.45) is 3.68. The molecule has 0 aromatic rings. The van der Waals surface area contributed by atoms with Crippen molar-refractivity contribution in [3.05, 3.63) is 0 Å². The monoisotopic (exact) mass is 170 g/mol. The molecule has 1 aliphatic heterocycles. The zero-order chi connectivity index (χ0) is 8.65. The molecule has 1 unspecified atom stereocenters. The average Bonchev–Trinajstić information content (AvgIpc) is 2.14. The topological polar surface area (TPSA) is 30.5 Å². The van der Waals surface area contributed by atoms with Crippen LogP contribution >= 0.6 is 0 Å². The molecule has 1 rings (SSSR count). The summed E-state index contributed by atoms with van der Waals surface area (Å²) in [7, 11) is 1.49. The smallest absolute Gasteiger partial charge is 0.413 e. The molecule has 1 heterocycles. The Morgan fingerprint density at radius 3 is 3.17 bits per heavy atom. The Kier molecular flexibility index (Phi) is 5.40. The minimum atomic E-state index is 0.315. The molecule has 12 heavy (non-hydrogen) atoms. The molecule has 0 saturated carbocycles. The number of piperidine rings is 1. The Morgan fingerprint density at radius 2 is 2.50 bits per heavy atom. The van der Waals surface area contributed by atoms with Crippen LogP contribution in [0.4, 0.5) is 0 Å². The van der Waals surface area contributed by atoms with E-state index in [2.05, 4.69) is 12.2 Å². The van der Waals surface area contributed by atoms with Crippen LogP contribution in [0.5, 0.6) is 0 Å². The molecule has 0 aromatic heterocycles. The van der Waals surface area contributed by atoms with E-state index in [0.717, 1.165) is 32.5 Å². The van der Waals surface area contributed by atoms with Crippen molar-refractivity contribution < 1.29 is 9.31 Å². The third-order valence-corrected chi connectivity index (χ3v) is 1.89. The van der Waals surface area contributed by atoms with E-state index in [9.17, 15) is 0 Å². The molecule has 0 aliphatic carbocycles. The highest BCUT2D eigenvalue weighted by molar-refractivity contribution is 6.18. The van der Waals surface area contributed by atoms with Gasteiger partial charge in [0.1, 0.15) is 0 Å². The SMILES string of the molecule is CCCO[B]OC1CCCNC1. The van der Waals surface area contributed by atoms with Gasteiger partial charge < -0.3 is 14.6 Å². The van der Waals surface area contributed by atoms with E-state index in [0.29, 0.717) is 6.10 Å². The van der Waals surface area contributed by atoms with Crippen LogP contribution in [-0.4, -0.2) is 33.5 Å². The summed E-state index contributed by atoms with van der Waals surface area (Å²) in [6.45, 7) is 4.90. The minimum absolute atomic E-state index is 0.315. The maximum absolute atomic E-state index is 5.38. The predicted octanol–water partition coefficient (Wildman–Crippen LogP) is 0.716. The maximum atomic E-state index is 5.38. The number of nitrogens with one attached hydrogen (secondary N) is 1. The van der Waals surface area contributed by atoms with Gasteiger partial charge in [-0.25, -0.2) is 0 Å². The molecule has 1 atom stereocenters. The van der Waals surface area contributed by atoms with Crippen LogP contribution in [0.3, 0.4) is 0 Å². The van der Waals surface area contributed by atoms with Crippen molar-refractivity contribution in [1.29, 1.82) is 0 Å². The summed E-state index contributed by atoms with van der Waals surface area (Å²) in [6, 6.07) is 0. The van der Waals surface area contributed by atoms with Gasteiger partial charge in [0.25, 0.3) is 0 Å². The molecule has 69 valence electrons. The molecule has 0 bridgehead atoms. The highest BCUT2D eigenvalue weighted by atomic mass is 16.6. The quantitative estimate of drug-likeness (QED) is 0.487. The van der Waals surface area contributed by atoms with Crippen LogP contribution in [-0.2, 0) is 9.31 Å². The van der Waals surface area contributed by atoms with E-state index in [4.69, 9.17) is 9.31 Å². The van der Waals surface area contributed by atoms with Gasteiger partial charge in [-0.3, -0.25) is 0 Å². The fourth-order valence-corrected chi connectivity index (χ4v) is 1.22. The molecule has 1 saturated heterocycles. The third-order valence-electron chi connectivity index (χ3n) is 1.89. The van der Waals surface area contributed by atoms with E-state index in [1.54, 1.807) is 0 Å². The molecule has 1 aliphatic rings. The highest BCUT2D eigenvalue weighted by Gasteiger charge is 2.13. The van der Waals surface area contributed by atoms with E-state index in [1.165, 1.54) is 14.1 Å². The molecule has 3 nitrogen and oxygen atoms in total. The summed E-state index contributed by atoms with van der Waals surface area (Å²) in [5, 5.41) is 3.28. The van der Waals surface area contributed by atoms with Gasteiger partial charge >= 0.3 is 7.69 Å². The predicted molar refractivity (Wildman–Crippen MR) is 49.0 cm³/mol. The van der Waals surface area contributed by atoms with Crippen LogP contribution in [0.25, 0.3) is 0 Å². The van der Waals surface area contributed by atoms with Crippen molar-refractivity contribution in [2.45, 2.75) is 32.3 Å². The van der Waals surface area contributed by atoms with Crippen molar-refractivity contribution >= 4 is 7.69 Å². The highest BCUT2D eigenvalue weighted by Crippen LogP contribution is 2.04. The van der Waals surface area contributed by atoms with Crippen molar-refractivity contribution in [1.82, 2.24) is 5.32 Å². The number of hydrogen-bond acceptors (Lipinski definition) is 3. The molecule has 0 spiro atoms. The first kappa shape index (κ1) is 10.0. The molecule has 0 aromatic carbocycles.